The van der Waals surface area contributed by atoms with E-state index in [-0.39, 0.29) is 22.3 Å². The molecule has 0 aliphatic heterocycles. The molecule has 4 aromatic rings. The Morgan fingerprint density at radius 2 is 1.71 bits per heavy atom. The number of pyridine rings is 2. The molecule has 0 unspecified atom stereocenters. The molecule has 1 amide bonds. The number of benzene rings is 1. The summed E-state index contributed by atoms with van der Waals surface area (Å²) in [6.45, 7) is 1.90. The van der Waals surface area contributed by atoms with Crippen LogP contribution in [-0.2, 0) is 7.05 Å². The van der Waals surface area contributed by atoms with Gasteiger partial charge in [-0.15, -0.1) is 0 Å². The van der Waals surface area contributed by atoms with Gasteiger partial charge in [0.15, 0.2) is 0 Å². The lowest BCUT2D eigenvalue weighted by Gasteiger charge is -2.18. The van der Waals surface area contributed by atoms with E-state index >= 15 is 0 Å². The minimum absolute atomic E-state index is 0.198. The minimum Gasteiger partial charge on any atom is -0.330 e. The zero-order valence-corrected chi connectivity index (χ0v) is 16.8. The maximum absolute atomic E-state index is 13.9. The third-order valence-corrected chi connectivity index (χ3v) is 5.12. The molecule has 0 spiro atoms. The Hall–Kier alpha value is -3.35. The first-order chi connectivity index (χ1) is 14.7. The van der Waals surface area contributed by atoms with E-state index in [1.54, 1.807) is 18.5 Å². The zero-order valence-electron chi connectivity index (χ0n) is 16.8. The Morgan fingerprint density at radius 1 is 1.03 bits per heavy atom. The lowest BCUT2D eigenvalue weighted by Crippen LogP contribution is -2.49. The monoisotopic (exact) mass is 401 g/mol. The van der Waals surface area contributed by atoms with Crippen molar-refractivity contribution in [1.82, 2.24) is 19.5 Å². The summed E-state index contributed by atoms with van der Waals surface area (Å²) in [5.41, 5.74) is 0.462. The van der Waals surface area contributed by atoms with Gasteiger partial charge in [-0.1, -0.05) is 21.9 Å². The van der Waals surface area contributed by atoms with Gasteiger partial charge in [0.1, 0.15) is 48.8 Å². The number of fused-ring (bicyclic) bond motifs is 1. The molecule has 0 aliphatic carbocycles. The number of hydrogen-bond acceptors (Lipinski definition) is 4. The van der Waals surface area contributed by atoms with Gasteiger partial charge in [0.25, 0.3) is 5.91 Å². The summed E-state index contributed by atoms with van der Waals surface area (Å²) in [5, 5.41) is 3.35. The van der Waals surface area contributed by atoms with Crippen molar-refractivity contribution in [3.05, 3.63) is 47.8 Å². The molecule has 0 saturated heterocycles. The zero-order chi connectivity index (χ0) is 22.4. The Morgan fingerprint density at radius 3 is 2.32 bits per heavy atom. The molecule has 0 bridgehead atoms. The molecule has 1 aromatic carbocycles. The van der Waals surface area contributed by atoms with Crippen LogP contribution in [0.15, 0.2) is 30.6 Å². The third kappa shape index (κ3) is 3.54. The van der Waals surface area contributed by atoms with E-state index in [1.807, 2.05) is 30.7 Å². The third-order valence-electron chi connectivity index (χ3n) is 5.12. The highest BCUT2D eigenvalue weighted by molar-refractivity contribution is 6.59. The van der Waals surface area contributed by atoms with Crippen molar-refractivity contribution in [2.24, 2.45) is 7.05 Å². The molecule has 11 heteroatoms. The SMILES string of the molecule is [B]c1c([B])c(C(=O)Nc2cc3nc(-c4cnc(C)n4C)ccc3cn2)c([B])c([B])c1F. The fourth-order valence-corrected chi connectivity index (χ4v) is 3.19. The van der Waals surface area contributed by atoms with Gasteiger partial charge >= 0.3 is 0 Å². The number of nitrogens with one attached hydrogen (secondary N) is 1. The summed E-state index contributed by atoms with van der Waals surface area (Å²) in [6, 6.07) is 5.34. The maximum Gasteiger partial charge on any atom is 0.255 e. The number of imidazole rings is 1. The average molecular weight is 401 g/mol. The van der Waals surface area contributed by atoms with Crippen molar-refractivity contribution < 1.29 is 9.18 Å². The van der Waals surface area contributed by atoms with Gasteiger partial charge in [-0.2, -0.15) is 0 Å². The van der Waals surface area contributed by atoms with Crippen LogP contribution in [0.25, 0.3) is 22.3 Å². The number of carbonyl (C=O) groups is 1. The van der Waals surface area contributed by atoms with Crippen LogP contribution in [0.2, 0.25) is 0 Å². The normalized spacial score (nSPS) is 11.1. The number of carbonyl (C=O) groups excluding carboxylic acids is 1. The maximum atomic E-state index is 13.9. The molecule has 3 aromatic heterocycles. The number of rotatable bonds is 3. The van der Waals surface area contributed by atoms with Gasteiger partial charge in [0, 0.05) is 30.3 Å². The second-order valence-electron chi connectivity index (χ2n) is 7.01. The lowest BCUT2D eigenvalue weighted by molar-refractivity contribution is 0.102. The van der Waals surface area contributed by atoms with Crippen molar-refractivity contribution >= 4 is 75.9 Å². The van der Waals surface area contributed by atoms with Crippen molar-refractivity contribution in [2.75, 3.05) is 5.32 Å². The van der Waals surface area contributed by atoms with E-state index < -0.39 is 22.7 Å². The Kier molecular flexibility index (Phi) is 5.21. The molecule has 0 atom stereocenters. The second-order valence-corrected chi connectivity index (χ2v) is 7.01. The van der Waals surface area contributed by atoms with Crippen LogP contribution in [0.5, 0.6) is 0 Å². The van der Waals surface area contributed by atoms with Crippen molar-refractivity contribution in [2.45, 2.75) is 6.92 Å². The van der Waals surface area contributed by atoms with Crippen LogP contribution in [0, 0.1) is 12.7 Å². The highest BCUT2D eigenvalue weighted by Gasteiger charge is 2.19. The van der Waals surface area contributed by atoms with E-state index in [2.05, 4.69) is 20.3 Å². The number of nitrogens with zero attached hydrogens (tertiary/aromatic N) is 4. The van der Waals surface area contributed by atoms with Crippen LogP contribution >= 0.6 is 0 Å². The molecule has 1 N–H and O–H groups in total. The van der Waals surface area contributed by atoms with Gasteiger partial charge in [-0.3, -0.25) is 4.79 Å². The quantitative estimate of drug-likeness (QED) is 0.444. The highest BCUT2D eigenvalue weighted by atomic mass is 19.1. The van der Waals surface area contributed by atoms with E-state index in [4.69, 9.17) is 31.4 Å². The number of hydrogen-bond donors (Lipinski definition) is 1. The predicted molar refractivity (Wildman–Crippen MR) is 122 cm³/mol. The molecule has 142 valence electrons. The summed E-state index contributed by atoms with van der Waals surface area (Å²) < 4.78 is 15.9. The standard InChI is InChI=1S/C20H12B4FN5O/c1-8-26-7-12(30(8)2)10-4-3-9-6-27-13(5-11(9)28-10)29-20(31)14-15(21)17(23)19(25)18(24)16(14)22/h3-7H,1-2H3,(H,27,29,31). The van der Waals surface area contributed by atoms with Gasteiger partial charge in [0.05, 0.1) is 23.1 Å². The average Bonchev–Trinajstić information content (AvgIpc) is 3.09. The molecule has 0 saturated carbocycles. The topological polar surface area (TPSA) is 72.7 Å². The molecule has 31 heavy (non-hydrogen) atoms. The van der Waals surface area contributed by atoms with Gasteiger partial charge in [-0.05, 0) is 19.1 Å². The van der Waals surface area contributed by atoms with E-state index in [9.17, 15) is 9.18 Å². The lowest BCUT2D eigenvalue weighted by atomic mass is 9.66. The number of anilines is 1. The van der Waals surface area contributed by atoms with Crippen LogP contribution in [-0.4, -0.2) is 56.8 Å². The number of aromatic nitrogens is 4. The number of aryl methyl sites for hydroxylation is 1. The van der Waals surface area contributed by atoms with Gasteiger partial charge in [-0.25, -0.2) is 19.3 Å². The Balaban J connectivity index is 1.71. The summed E-state index contributed by atoms with van der Waals surface area (Å²) >= 11 is 0. The van der Waals surface area contributed by atoms with Gasteiger partial charge < -0.3 is 9.88 Å². The molecule has 6 nitrogen and oxygen atoms in total. The van der Waals surface area contributed by atoms with Crippen LogP contribution in [0.1, 0.15) is 16.2 Å². The Labute approximate surface area is 183 Å². The van der Waals surface area contributed by atoms with E-state index in [1.165, 1.54) is 0 Å². The first kappa shape index (κ1) is 20.9. The largest absolute Gasteiger partial charge is 0.330 e. The number of halogens is 1. The van der Waals surface area contributed by atoms with Crippen LogP contribution in [0.4, 0.5) is 10.2 Å². The molecular formula is C20H12B4FN5O. The smallest absolute Gasteiger partial charge is 0.255 e. The Bertz CT molecular complexity index is 1340. The van der Waals surface area contributed by atoms with Crippen molar-refractivity contribution in [3.63, 3.8) is 0 Å². The minimum atomic E-state index is -0.961. The first-order valence-corrected chi connectivity index (χ1v) is 9.17. The fraction of sp³-hybridized carbons (Fsp3) is 0.100. The summed E-state index contributed by atoms with van der Waals surface area (Å²) in [7, 11) is 24.7. The highest BCUT2D eigenvalue weighted by Crippen LogP contribution is 2.22. The van der Waals surface area contributed by atoms with Crippen LogP contribution < -0.4 is 27.2 Å². The van der Waals surface area contributed by atoms with Crippen molar-refractivity contribution in [1.29, 1.82) is 0 Å². The predicted octanol–water partition coefficient (Wildman–Crippen LogP) is -1.09. The van der Waals surface area contributed by atoms with Gasteiger partial charge in [0.2, 0.25) is 0 Å². The first-order valence-electron chi connectivity index (χ1n) is 9.17. The summed E-state index contributed by atoms with van der Waals surface area (Å²) in [6.07, 6.45) is 3.30. The van der Waals surface area contributed by atoms with Crippen molar-refractivity contribution in [3.8, 4) is 11.4 Å². The van der Waals surface area contributed by atoms with Crippen LogP contribution in [0.3, 0.4) is 0 Å². The number of amides is 1. The fourth-order valence-electron chi connectivity index (χ4n) is 3.19. The van der Waals surface area contributed by atoms with E-state index in [0.29, 0.717) is 11.2 Å². The molecule has 3 heterocycles. The molecule has 8 radical (unpaired) electrons. The van der Waals surface area contributed by atoms with E-state index in [0.717, 1.165) is 16.9 Å². The molecule has 0 aliphatic rings. The summed E-state index contributed by atoms with van der Waals surface area (Å²) in [5.74, 6) is -0.632. The molecular weight excluding hydrogens is 389 g/mol. The molecule has 4 rings (SSSR count). The second kappa shape index (κ2) is 7.72. The molecule has 0 fully saturated rings. The summed E-state index contributed by atoms with van der Waals surface area (Å²) in [4.78, 5) is 25.9.